The van der Waals surface area contributed by atoms with Crippen LogP contribution in [0.3, 0.4) is 0 Å². The van der Waals surface area contributed by atoms with Crippen LogP contribution in [0.2, 0.25) is 5.02 Å². The molecule has 0 amide bonds. The maximum atomic E-state index is 6.07. The lowest BCUT2D eigenvalue weighted by Gasteiger charge is -2.30. The van der Waals surface area contributed by atoms with Gasteiger partial charge < -0.3 is 4.90 Å². The third kappa shape index (κ3) is 4.23. The van der Waals surface area contributed by atoms with E-state index in [9.17, 15) is 0 Å². The van der Waals surface area contributed by atoms with E-state index in [1.54, 1.807) is 11.8 Å². The number of halogens is 1. The molecule has 0 bridgehead atoms. The zero-order chi connectivity index (χ0) is 21.7. The second kappa shape index (κ2) is 7.61. The summed E-state index contributed by atoms with van der Waals surface area (Å²) in [5.41, 5.74) is 5.04. The summed E-state index contributed by atoms with van der Waals surface area (Å²) in [4.78, 5) is 2.32. The molecule has 2 aromatic carbocycles. The van der Waals surface area contributed by atoms with Gasteiger partial charge >= 0.3 is 0 Å². The molecule has 0 aliphatic carbocycles. The van der Waals surface area contributed by atoms with Crippen molar-refractivity contribution < 1.29 is 0 Å². The fraction of sp³-hybridized carbons (Fsp3) is 0.417. The Bertz CT molecular complexity index is 1030. The maximum absolute atomic E-state index is 6.07. The largest absolute Gasteiger partial charge is 0.344 e. The summed E-state index contributed by atoms with van der Waals surface area (Å²) in [6.07, 6.45) is 0. The fourth-order valence-electron chi connectivity index (χ4n) is 3.51. The molecule has 158 valence electrons. The number of thioether (sulfide) groups is 1. The molecule has 2 heterocycles. The first kappa shape index (κ1) is 21.3. The van der Waals surface area contributed by atoms with Gasteiger partial charge in [0.1, 0.15) is 0 Å². The number of fused-ring (bicyclic) bond motifs is 1. The van der Waals surface area contributed by atoms with Crippen molar-refractivity contribution in [2.75, 3.05) is 10.8 Å². The molecule has 4 nitrogen and oxygen atoms in total. The molecule has 0 N–H and O–H groups in total. The molecule has 6 heteroatoms. The minimum Gasteiger partial charge on any atom is -0.344 e. The number of aromatic nitrogens is 3. The summed E-state index contributed by atoms with van der Waals surface area (Å²) >= 11 is 7.79. The van der Waals surface area contributed by atoms with Gasteiger partial charge in [0.15, 0.2) is 11.0 Å². The molecule has 0 atom stereocenters. The predicted molar refractivity (Wildman–Crippen MR) is 128 cm³/mol. The van der Waals surface area contributed by atoms with Crippen LogP contribution in [-0.4, -0.2) is 20.6 Å². The van der Waals surface area contributed by atoms with Crippen LogP contribution in [0.4, 0.5) is 5.69 Å². The zero-order valence-electron chi connectivity index (χ0n) is 18.5. The van der Waals surface area contributed by atoms with E-state index in [0.717, 1.165) is 39.8 Å². The molecule has 30 heavy (non-hydrogen) atoms. The zero-order valence-corrected chi connectivity index (χ0v) is 20.1. The quantitative estimate of drug-likeness (QED) is 0.442. The number of rotatable bonds is 2. The highest BCUT2D eigenvalue weighted by atomic mass is 35.5. The molecule has 0 unspecified atom stereocenters. The Morgan fingerprint density at radius 1 is 0.867 bits per heavy atom. The molecule has 0 radical (unpaired) electrons. The van der Waals surface area contributed by atoms with Gasteiger partial charge in [-0.2, -0.15) is 0 Å². The average molecular weight is 441 g/mol. The van der Waals surface area contributed by atoms with Crippen LogP contribution in [0.25, 0.3) is 11.4 Å². The van der Waals surface area contributed by atoms with Crippen molar-refractivity contribution in [2.24, 2.45) is 0 Å². The molecule has 3 aromatic rings. The van der Waals surface area contributed by atoms with Gasteiger partial charge in [-0.15, -0.1) is 10.2 Å². The smallest absolute Gasteiger partial charge is 0.194 e. The Morgan fingerprint density at radius 3 is 2.03 bits per heavy atom. The van der Waals surface area contributed by atoms with Crippen LogP contribution in [0, 0.1) is 0 Å². The van der Waals surface area contributed by atoms with Gasteiger partial charge in [0.25, 0.3) is 0 Å². The third-order valence-electron chi connectivity index (χ3n) is 5.49. The highest BCUT2D eigenvalue weighted by molar-refractivity contribution is 7.99. The number of anilines is 1. The van der Waals surface area contributed by atoms with Crippen molar-refractivity contribution in [1.82, 2.24) is 14.8 Å². The number of benzene rings is 2. The summed E-state index contributed by atoms with van der Waals surface area (Å²) in [5, 5.41) is 10.8. The van der Waals surface area contributed by atoms with E-state index in [-0.39, 0.29) is 10.8 Å². The van der Waals surface area contributed by atoms with Crippen molar-refractivity contribution >= 4 is 29.1 Å². The summed E-state index contributed by atoms with van der Waals surface area (Å²) < 4.78 is 2.22. The van der Waals surface area contributed by atoms with E-state index < -0.39 is 0 Å². The SMILES string of the molecule is CC(C)(C)c1cc(-c2nnc3n2CN(c2ccc(Cl)cc2)CS3)cc(C(C)(C)C)c1. The van der Waals surface area contributed by atoms with Crippen molar-refractivity contribution in [3.63, 3.8) is 0 Å². The fourth-order valence-corrected chi connectivity index (χ4v) is 4.54. The summed E-state index contributed by atoms with van der Waals surface area (Å²) in [6.45, 7) is 14.3. The lowest BCUT2D eigenvalue weighted by atomic mass is 9.79. The second-order valence-corrected chi connectivity index (χ2v) is 11.3. The van der Waals surface area contributed by atoms with E-state index in [0.29, 0.717) is 0 Å². The lowest BCUT2D eigenvalue weighted by Crippen LogP contribution is -2.30. The highest BCUT2D eigenvalue weighted by Gasteiger charge is 2.26. The van der Waals surface area contributed by atoms with Crippen LogP contribution in [0.15, 0.2) is 47.6 Å². The van der Waals surface area contributed by atoms with Gasteiger partial charge in [-0.25, -0.2) is 0 Å². The third-order valence-corrected chi connectivity index (χ3v) is 6.75. The molecule has 1 aliphatic rings. The maximum Gasteiger partial charge on any atom is 0.194 e. The van der Waals surface area contributed by atoms with E-state index >= 15 is 0 Å². The minimum absolute atomic E-state index is 0.0604. The Morgan fingerprint density at radius 2 is 1.47 bits per heavy atom. The monoisotopic (exact) mass is 440 g/mol. The number of nitrogens with zero attached hydrogens (tertiary/aromatic N) is 4. The summed E-state index contributed by atoms with van der Waals surface area (Å²) in [5.74, 6) is 1.77. The Hall–Kier alpha value is -1.98. The van der Waals surface area contributed by atoms with E-state index in [2.05, 4.69) is 91.5 Å². The minimum atomic E-state index is 0.0604. The van der Waals surface area contributed by atoms with Crippen LogP contribution >= 0.6 is 23.4 Å². The first-order valence-corrected chi connectivity index (χ1v) is 11.6. The van der Waals surface area contributed by atoms with Gasteiger partial charge in [0.05, 0.1) is 12.5 Å². The highest BCUT2D eigenvalue weighted by Crippen LogP contribution is 2.36. The Labute approximate surface area is 188 Å². The average Bonchev–Trinajstić information content (AvgIpc) is 3.10. The van der Waals surface area contributed by atoms with Crippen LogP contribution in [0.1, 0.15) is 52.7 Å². The van der Waals surface area contributed by atoms with E-state index in [1.165, 1.54) is 11.1 Å². The molecule has 1 aliphatic heterocycles. The second-order valence-electron chi connectivity index (χ2n) is 9.96. The Balaban J connectivity index is 1.77. The molecule has 0 fully saturated rings. The first-order chi connectivity index (χ1) is 14.0. The van der Waals surface area contributed by atoms with Crippen molar-refractivity contribution in [3.8, 4) is 11.4 Å². The molecule has 0 saturated carbocycles. The topological polar surface area (TPSA) is 34.0 Å². The van der Waals surface area contributed by atoms with Gasteiger partial charge in [0, 0.05) is 16.3 Å². The predicted octanol–water partition coefficient (Wildman–Crippen LogP) is 6.72. The van der Waals surface area contributed by atoms with E-state index in [4.69, 9.17) is 11.6 Å². The van der Waals surface area contributed by atoms with Crippen LogP contribution < -0.4 is 4.90 Å². The molecular weight excluding hydrogens is 412 g/mol. The Kier molecular flexibility index (Phi) is 5.39. The summed E-state index contributed by atoms with van der Waals surface area (Å²) in [7, 11) is 0. The van der Waals surface area contributed by atoms with Gasteiger partial charge in [0.2, 0.25) is 0 Å². The van der Waals surface area contributed by atoms with Crippen molar-refractivity contribution in [3.05, 3.63) is 58.6 Å². The lowest BCUT2D eigenvalue weighted by molar-refractivity contribution is 0.568. The molecular formula is C24H29ClN4S. The molecule has 1 aromatic heterocycles. The van der Waals surface area contributed by atoms with Crippen LogP contribution in [-0.2, 0) is 17.5 Å². The number of hydrogen-bond donors (Lipinski definition) is 0. The van der Waals surface area contributed by atoms with Gasteiger partial charge in [-0.05, 0) is 58.4 Å². The van der Waals surface area contributed by atoms with Crippen molar-refractivity contribution in [1.29, 1.82) is 0 Å². The number of hydrogen-bond acceptors (Lipinski definition) is 4. The molecule has 0 saturated heterocycles. The molecule has 0 spiro atoms. The first-order valence-electron chi connectivity index (χ1n) is 10.3. The van der Waals surface area contributed by atoms with Crippen molar-refractivity contribution in [2.45, 2.75) is 64.2 Å². The van der Waals surface area contributed by atoms with Gasteiger partial charge in [-0.1, -0.05) is 71.0 Å². The van der Waals surface area contributed by atoms with E-state index in [1.807, 2.05) is 12.1 Å². The van der Waals surface area contributed by atoms with Crippen LogP contribution in [0.5, 0.6) is 0 Å². The summed E-state index contributed by atoms with van der Waals surface area (Å²) in [6, 6.07) is 14.9. The van der Waals surface area contributed by atoms with Gasteiger partial charge in [-0.3, -0.25) is 4.57 Å². The standard InChI is InChI=1S/C24H29ClN4S/c1-23(2,3)17-11-16(12-18(13-17)24(4,5)6)21-26-27-22-29(21)14-28(15-30-22)20-9-7-19(25)8-10-20/h7-13H,14-15H2,1-6H3. The molecule has 4 rings (SSSR count). The normalized spacial score (nSPS) is 14.7.